The molecule has 0 unspecified atom stereocenters. The predicted molar refractivity (Wildman–Crippen MR) is 111 cm³/mol. The van der Waals surface area contributed by atoms with E-state index in [9.17, 15) is 9.50 Å². The summed E-state index contributed by atoms with van der Waals surface area (Å²) in [5.74, 6) is 0.0716. The number of allylic oxidation sites excluding steroid dienone is 6. The Kier molecular flexibility index (Phi) is 5.03. The molecule has 0 amide bonds. The molecule has 4 N–H and O–H groups in total. The Morgan fingerprint density at radius 2 is 1.97 bits per heavy atom. The van der Waals surface area contributed by atoms with E-state index in [1.54, 1.807) is 48.8 Å². The molecule has 7 heteroatoms. The van der Waals surface area contributed by atoms with Gasteiger partial charge in [-0.1, -0.05) is 18.2 Å². The van der Waals surface area contributed by atoms with Crippen molar-refractivity contribution in [3.05, 3.63) is 102 Å². The summed E-state index contributed by atoms with van der Waals surface area (Å²) in [7, 11) is 0. The first-order valence-corrected chi connectivity index (χ1v) is 8.98. The zero-order chi connectivity index (χ0) is 20.2. The number of anilines is 2. The Morgan fingerprint density at radius 3 is 2.72 bits per heavy atom. The third-order valence-electron chi connectivity index (χ3n) is 4.39. The molecule has 0 atom stereocenters. The Balaban J connectivity index is 1.64. The predicted octanol–water partition coefficient (Wildman–Crippen LogP) is 4.19. The molecular formula is C22H18FN5O. The van der Waals surface area contributed by atoms with Gasteiger partial charge in [-0.25, -0.2) is 14.4 Å². The third-order valence-corrected chi connectivity index (χ3v) is 4.39. The minimum atomic E-state index is -0.317. The van der Waals surface area contributed by atoms with E-state index in [4.69, 9.17) is 5.41 Å². The maximum atomic E-state index is 13.1. The molecule has 1 aliphatic carbocycles. The van der Waals surface area contributed by atoms with Crippen LogP contribution < -0.4 is 10.6 Å². The highest BCUT2D eigenvalue weighted by atomic mass is 19.1. The molecule has 0 saturated heterocycles. The molecule has 0 fully saturated rings. The smallest absolute Gasteiger partial charge is 0.227 e. The first-order chi connectivity index (χ1) is 14.1. The summed E-state index contributed by atoms with van der Waals surface area (Å²) in [4.78, 5) is 8.69. The van der Waals surface area contributed by atoms with E-state index in [1.165, 1.54) is 12.1 Å². The number of aliphatic hydroxyl groups excluding tert-OH is 1. The number of benzene rings is 1. The Morgan fingerprint density at radius 1 is 1.14 bits per heavy atom. The largest absolute Gasteiger partial charge is 0.507 e. The second-order valence-electron chi connectivity index (χ2n) is 6.42. The lowest BCUT2D eigenvalue weighted by atomic mass is 9.95. The van der Waals surface area contributed by atoms with Crippen molar-refractivity contribution in [1.29, 1.82) is 5.41 Å². The first-order valence-electron chi connectivity index (χ1n) is 8.98. The molecule has 0 spiro atoms. The van der Waals surface area contributed by atoms with E-state index >= 15 is 0 Å². The minimum Gasteiger partial charge on any atom is -0.507 e. The van der Waals surface area contributed by atoms with Gasteiger partial charge in [-0.2, -0.15) is 0 Å². The third kappa shape index (κ3) is 4.14. The summed E-state index contributed by atoms with van der Waals surface area (Å²) in [6.07, 6.45) is 12.2. The highest BCUT2D eigenvalue weighted by Gasteiger charge is 2.17. The molecule has 2 heterocycles. The number of nitrogens with zero attached hydrogens (tertiary/aromatic N) is 2. The Hall–Kier alpha value is -4.00. The standard InChI is InChI=1S/C22H18FN5O/c23-16-4-6-17(7-5-16)27-22-26-11-9-20(28-22)14-3-8-19(24)18(12-14)21(29)15-2-1-10-25-13-15/h1-9,11-13,24-25,29H,10H2,(H,26,27,28)/b21-18-,24-19?. The second-order valence-corrected chi connectivity index (χ2v) is 6.42. The highest BCUT2D eigenvalue weighted by molar-refractivity contribution is 6.13. The summed E-state index contributed by atoms with van der Waals surface area (Å²) in [6.45, 7) is 0.704. The van der Waals surface area contributed by atoms with Gasteiger partial charge in [-0.05, 0) is 42.5 Å². The van der Waals surface area contributed by atoms with Crippen molar-refractivity contribution in [3.63, 3.8) is 0 Å². The van der Waals surface area contributed by atoms with Crippen molar-refractivity contribution in [1.82, 2.24) is 15.3 Å². The van der Waals surface area contributed by atoms with E-state index in [0.717, 1.165) is 5.57 Å². The number of aliphatic hydroxyl groups is 1. The second kappa shape index (κ2) is 7.93. The monoisotopic (exact) mass is 387 g/mol. The van der Waals surface area contributed by atoms with E-state index in [2.05, 4.69) is 20.6 Å². The van der Waals surface area contributed by atoms with Crippen molar-refractivity contribution in [2.75, 3.05) is 11.9 Å². The average Bonchev–Trinajstić information content (AvgIpc) is 2.76. The lowest BCUT2D eigenvalue weighted by Crippen LogP contribution is -2.12. The van der Waals surface area contributed by atoms with Crippen LogP contribution in [0.4, 0.5) is 16.0 Å². The quantitative estimate of drug-likeness (QED) is 0.590. The summed E-state index contributed by atoms with van der Waals surface area (Å²) < 4.78 is 13.1. The van der Waals surface area contributed by atoms with Crippen molar-refractivity contribution in [2.45, 2.75) is 0 Å². The van der Waals surface area contributed by atoms with E-state index < -0.39 is 0 Å². The SMILES string of the molecule is N=C1C=CC(c2ccnc(Nc3ccc(F)cc3)n2)=C/C1=C(/O)C1=CNCC=C1. The molecule has 2 aromatic rings. The van der Waals surface area contributed by atoms with Crippen LogP contribution in [0.1, 0.15) is 5.69 Å². The highest BCUT2D eigenvalue weighted by Crippen LogP contribution is 2.26. The maximum absolute atomic E-state index is 13.1. The summed E-state index contributed by atoms with van der Waals surface area (Å²) in [5, 5.41) is 24.9. The molecule has 144 valence electrons. The normalized spacial score (nSPS) is 17.3. The van der Waals surface area contributed by atoms with Crippen molar-refractivity contribution >= 4 is 22.9 Å². The molecular weight excluding hydrogens is 369 g/mol. The van der Waals surface area contributed by atoms with E-state index in [-0.39, 0.29) is 17.3 Å². The van der Waals surface area contributed by atoms with Gasteiger partial charge >= 0.3 is 0 Å². The van der Waals surface area contributed by atoms with Gasteiger partial charge in [0.25, 0.3) is 0 Å². The van der Waals surface area contributed by atoms with Crippen molar-refractivity contribution in [3.8, 4) is 0 Å². The Bertz CT molecular complexity index is 1110. The fraction of sp³-hybridized carbons (Fsp3) is 0.0455. The maximum Gasteiger partial charge on any atom is 0.227 e. The van der Waals surface area contributed by atoms with Crippen LogP contribution in [0, 0.1) is 11.2 Å². The molecule has 1 aliphatic heterocycles. The fourth-order valence-electron chi connectivity index (χ4n) is 2.92. The lowest BCUT2D eigenvalue weighted by Gasteiger charge is -2.15. The fourth-order valence-corrected chi connectivity index (χ4v) is 2.92. The van der Waals surface area contributed by atoms with Gasteiger partial charge in [0.15, 0.2) is 0 Å². The van der Waals surface area contributed by atoms with Crippen LogP contribution in [0.25, 0.3) is 5.57 Å². The van der Waals surface area contributed by atoms with Gasteiger partial charge in [0.2, 0.25) is 5.95 Å². The lowest BCUT2D eigenvalue weighted by molar-refractivity contribution is 0.423. The van der Waals surface area contributed by atoms with Crippen LogP contribution >= 0.6 is 0 Å². The summed E-state index contributed by atoms with van der Waals surface area (Å²) >= 11 is 0. The molecule has 1 aromatic carbocycles. The van der Waals surface area contributed by atoms with Crippen molar-refractivity contribution in [2.24, 2.45) is 0 Å². The molecule has 0 bridgehead atoms. The molecule has 6 nitrogen and oxygen atoms in total. The number of nitrogens with one attached hydrogen (secondary N) is 3. The van der Waals surface area contributed by atoms with Gasteiger partial charge in [0, 0.05) is 41.3 Å². The molecule has 1 aromatic heterocycles. The van der Waals surface area contributed by atoms with Crippen LogP contribution in [0.5, 0.6) is 0 Å². The zero-order valence-electron chi connectivity index (χ0n) is 15.4. The molecule has 0 saturated carbocycles. The summed E-state index contributed by atoms with van der Waals surface area (Å²) in [5.41, 5.74) is 3.27. The topological polar surface area (TPSA) is 93.9 Å². The number of hydrogen-bond donors (Lipinski definition) is 4. The van der Waals surface area contributed by atoms with Crippen LogP contribution in [0.3, 0.4) is 0 Å². The molecule has 4 rings (SSSR count). The summed E-state index contributed by atoms with van der Waals surface area (Å²) in [6, 6.07) is 7.66. The first kappa shape index (κ1) is 18.4. The van der Waals surface area contributed by atoms with Crippen LogP contribution in [-0.4, -0.2) is 27.3 Å². The minimum absolute atomic E-state index is 0.0269. The Labute approximate surface area is 167 Å². The van der Waals surface area contributed by atoms with Crippen molar-refractivity contribution < 1.29 is 9.50 Å². The van der Waals surface area contributed by atoms with Gasteiger partial charge in [-0.3, -0.25) is 0 Å². The van der Waals surface area contributed by atoms with Gasteiger partial charge in [-0.15, -0.1) is 0 Å². The number of dihydropyridines is 1. The van der Waals surface area contributed by atoms with E-state index in [0.29, 0.717) is 35.0 Å². The number of hydrogen-bond acceptors (Lipinski definition) is 6. The number of rotatable bonds is 4. The number of aromatic nitrogens is 2. The molecule has 2 aliphatic rings. The van der Waals surface area contributed by atoms with Crippen LogP contribution in [0.15, 0.2) is 90.0 Å². The molecule has 29 heavy (non-hydrogen) atoms. The van der Waals surface area contributed by atoms with Crippen LogP contribution in [0.2, 0.25) is 0 Å². The molecule has 0 radical (unpaired) electrons. The van der Waals surface area contributed by atoms with E-state index in [1.807, 2.05) is 12.2 Å². The van der Waals surface area contributed by atoms with Gasteiger partial charge in [0.05, 0.1) is 11.4 Å². The van der Waals surface area contributed by atoms with Gasteiger partial charge in [0.1, 0.15) is 11.6 Å². The average molecular weight is 387 g/mol. The van der Waals surface area contributed by atoms with Crippen LogP contribution in [-0.2, 0) is 0 Å². The van der Waals surface area contributed by atoms with Gasteiger partial charge < -0.3 is 21.1 Å². The number of halogens is 1. The zero-order valence-corrected chi connectivity index (χ0v) is 15.4.